The number of allylic oxidation sites excluding steroid dienone is 7. The van der Waals surface area contributed by atoms with E-state index in [1.165, 1.54) is 22.3 Å². The number of halogens is 1. The first kappa shape index (κ1) is 20.2. The second-order valence-corrected chi connectivity index (χ2v) is 7.00. The fourth-order valence-corrected chi connectivity index (χ4v) is 3.49. The van der Waals surface area contributed by atoms with E-state index < -0.39 is 6.67 Å². The van der Waals surface area contributed by atoms with Crippen LogP contribution in [0.2, 0.25) is 0 Å². The fraction of sp³-hybridized carbons (Fsp3) is 0.391. The Kier molecular flexibility index (Phi) is 7.41. The van der Waals surface area contributed by atoms with E-state index in [0.29, 0.717) is 0 Å². The highest BCUT2D eigenvalue weighted by atomic mass is 19.1. The Morgan fingerprint density at radius 3 is 2.25 bits per heavy atom. The molecule has 0 aliphatic heterocycles. The number of rotatable bonds is 7. The van der Waals surface area contributed by atoms with E-state index >= 15 is 0 Å². The van der Waals surface area contributed by atoms with Gasteiger partial charge in [0.1, 0.15) is 6.67 Å². The Balaban J connectivity index is 3.44. The van der Waals surface area contributed by atoms with Crippen LogP contribution in [0.5, 0.6) is 0 Å². The molecular weight excluding hydrogens is 295 g/mol. The SMILES string of the molecule is C=C/C=C(\C=C/CC)c1cc(C)c(C(C)(C)/C=C(/C)CF)c(C)c1. The number of hydrogen-bond donors (Lipinski definition) is 0. The molecule has 1 rings (SSSR count). The highest BCUT2D eigenvalue weighted by Gasteiger charge is 2.23. The zero-order chi connectivity index (χ0) is 18.3. The molecule has 0 fully saturated rings. The first-order valence-electron chi connectivity index (χ1n) is 8.62. The average Bonchev–Trinajstić information content (AvgIpc) is 2.49. The van der Waals surface area contributed by atoms with Gasteiger partial charge in [-0.2, -0.15) is 0 Å². The molecule has 0 aromatic heterocycles. The molecule has 0 nitrogen and oxygen atoms in total. The summed E-state index contributed by atoms with van der Waals surface area (Å²) in [6.07, 6.45) is 11.2. The molecule has 0 unspecified atom stereocenters. The Morgan fingerprint density at radius 2 is 1.79 bits per heavy atom. The Morgan fingerprint density at radius 1 is 1.21 bits per heavy atom. The van der Waals surface area contributed by atoms with Crippen molar-refractivity contribution in [2.45, 2.75) is 53.4 Å². The number of benzene rings is 1. The maximum Gasteiger partial charge on any atom is 0.110 e. The largest absolute Gasteiger partial charge is 0.246 e. The quantitative estimate of drug-likeness (QED) is 0.372. The molecule has 1 aromatic carbocycles. The highest BCUT2D eigenvalue weighted by Crippen LogP contribution is 2.34. The van der Waals surface area contributed by atoms with Gasteiger partial charge >= 0.3 is 0 Å². The van der Waals surface area contributed by atoms with Gasteiger partial charge in [-0.05, 0) is 60.6 Å². The van der Waals surface area contributed by atoms with Crippen LogP contribution in [0.1, 0.15) is 56.4 Å². The van der Waals surface area contributed by atoms with Crippen molar-refractivity contribution in [1.29, 1.82) is 0 Å². The predicted octanol–water partition coefficient (Wildman–Crippen LogP) is 7.03. The molecule has 1 heteroatoms. The Bertz CT molecular complexity index is 646. The molecule has 0 N–H and O–H groups in total. The van der Waals surface area contributed by atoms with Crippen LogP contribution >= 0.6 is 0 Å². The van der Waals surface area contributed by atoms with Gasteiger partial charge in [0.05, 0.1) is 0 Å². The second kappa shape index (κ2) is 8.82. The van der Waals surface area contributed by atoms with Crippen LogP contribution < -0.4 is 0 Å². The summed E-state index contributed by atoms with van der Waals surface area (Å²) in [7, 11) is 0. The molecule has 0 heterocycles. The van der Waals surface area contributed by atoms with Gasteiger partial charge in [0.2, 0.25) is 0 Å². The van der Waals surface area contributed by atoms with Crippen molar-refractivity contribution in [3.05, 3.63) is 76.9 Å². The van der Waals surface area contributed by atoms with E-state index in [1.807, 2.05) is 25.2 Å². The zero-order valence-corrected chi connectivity index (χ0v) is 16.0. The normalized spacial score (nSPS) is 13.6. The average molecular weight is 326 g/mol. The first-order valence-corrected chi connectivity index (χ1v) is 8.62. The summed E-state index contributed by atoms with van der Waals surface area (Å²) in [5.41, 5.74) is 6.69. The van der Waals surface area contributed by atoms with Crippen LogP contribution in [0.4, 0.5) is 4.39 Å². The molecule has 0 saturated carbocycles. The van der Waals surface area contributed by atoms with Gasteiger partial charge in [0.25, 0.3) is 0 Å². The van der Waals surface area contributed by atoms with E-state index in [1.54, 1.807) is 0 Å². The predicted molar refractivity (Wildman–Crippen MR) is 106 cm³/mol. The van der Waals surface area contributed by atoms with Crippen LogP contribution in [0, 0.1) is 13.8 Å². The number of aryl methyl sites for hydroxylation is 2. The van der Waals surface area contributed by atoms with Crippen LogP contribution in [0.15, 0.2) is 54.7 Å². The first-order chi connectivity index (χ1) is 11.3. The molecule has 0 aliphatic rings. The maximum absolute atomic E-state index is 12.9. The van der Waals surface area contributed by atoms with Crippen LogP contribution in [-0.2, 0) is 5.41 Å². The van der Waals surface area contributed by atoms with Crippen molar-refractivity contribution in [1.82, 2.24) is 0 Å². The molecule has 0 radical (unpaired) electrons. The minimum atomic E-state index is -0.395. The summed E-state index contributed by atoms with van der Waals surface area (Å²) >= 11 is 0. The third kappa shape index (κ3) is 5.06. The summed E-state index contributed by atoms with van der Waals surface area (Å²) < 4.78 is 12.9. The third-order valence-electron chi connectivity index (χ3n) is 4.16. The van der Waals surface area contributed by atoms with Gasteiger partial charge < -0.3 is 0 Å². The van der Waals surface area contributed by atoms with Crippen LogP contribution in [0.3, 0.4) is 0 Å². The fourth-order valence-electron chi connectivity index (χ4n) is 3.49. The number of alkyl halides is 1. The topological polar surface area (TPSA) is 0 Å². The van der Waals surface area contributed by atoms with Gasteiger partial charge in [0.15, 0.2) is 0 Å². The molecule has 0 aliphatic carbocycles. The lowest BCUT2D eigenvalue weighted by Crippen LogP contribution is -2.18. The van der Waals surface area contributed by atoms with E-state index in [-0.39, 0.29) is 5.41 Å². The minimum Gasteiger partial charge on any atom is -0.246 e. The third-order valence-corrected chi connectivity index (χ3v) is 4.16. The standard InChI is InChI=1S/C23H31F/c1-8-10-12-20(11-9-2)21-13-18(4)22(19(5)14-21)23(6,7)15-17(3)16-24/h9-15H,2,8,16H2,1,3-7H3/b12-10-,17-15-,20-11+. The van der Waals surface area contributed by atoms with Crippen molar-refractivity contribution in [2.24, 2.45) is 0 Å². The van der Waals surface area contributed by atoms with E-state index in [0.717, 1.165) is 17.6 Å². The molecule has 0 amide bonds. The molecule has 0 atom stereocenters. The van der Waals surface area contributed by atoms with Crippen LogP contribution in [0.25, 0.3) is 5.57 Å². The lowest BCUT2D eigenvalue weighted by molar-refractivity contribution is 0.534. The lowest BCUT2D eigenvalue weighted by atomic mass is 9.77. The molecule has 0 bridgehead atoms. The molecule has 0 saturated heterocycles. The van der Waals surface area contributed by atoms with Gasteiger partial charge in [-0.1, -0.05) is 69.9 Å². The van der Waals surface area contributed by atoms with Crippen molar-refractivity contribution < 1.29 is 4.39 Å². The summed E-state index contributed by atoms with van der Waals surface area (Å²) in [4.78, 5) is 0. The van der Waals surface area contributed by atoms with E-state index in [2.05, 4.69) is 65.5 Å². The Labute approximate surface area is 147 Å². The summed E-state index contributed by atoms with van der Waals surface area (Å²) in [6, 6.07) is 4.44. The van der Waals surface area contributed by atoms with Gasteiger partial charge in [0, 0.05) is 5.41 Å². The summed E-state index contributed by atoms with van der Waals surface area (Å²) in [6.45, 7) is 16.0. The molecule has 0 spiro atoms. The van der Waals surface area contributed by atoms with Gasteiger partial charge in [-0.3, -0.25) is 0 Å². The van der Waals surface area contributed by atoms with Crippen molar-refractivity contribution in [3.63, 3.8) is 0 Å². The smallest absolute Gasteiger partial charge is 0.110 e. The van der Waals surface area contributed by atoms with Crippen LogP contribution in [-0.4, -0.2) is 6.67 Å². The maximum atomic E-state index is 12.9. The molecular formula is C23H31F. The van der Waals surface area contributed by atoms with Crippen molar-refractivity contribution >= 4 is 5.57 Å². The second-order valence-electron chi connectivity index (χ2n) is 7.00. The van der Waals surface area contributed by atoms with Gasteiger partial charge in [-0.15, -0.1) is 0 Å². The van der Waals surface area contributed by atoms with Crippen molar-refractivity contribution in [3.8, 4) is 0 Å². The minimum absolute atomic E-state index is 0.190. The highest BCUT2D eigenvalue weighted by molar-refractivity contribution is 5.76. The monoisotopic (exact) mass is 326 g/mol. The molecule has 130 valence electrons. The molecule has 24 heavy (non-hydrogen) atoms. The van der Waals surface area contributed by atoms with Crippen molar-refractivity contribution in [2.75, 3.05) is 6.67 Å². The lowest BCUT2D eigenvalue weighted by Gasteiger charge is -2.27. The van der Waals surface area contributed by atoms with Gasteiger partial charge in [-0.25, -0.2) is 4.39 Å². The van der Waals surface area contributed by atoms with E-state index in [9.17, 15) is 4.39 Å². The Hall–Kier alpha value is -1.89. The summed E-state index contributed by atoms with van der Waals surface area (Å²) in [5.74, 6) is 0. The van der Waals surface area contributed by atoms with E-state index in [4.69, 9.17) is 0 Å². The summed E-state index contributed by atoms with van der Waals surface area (Å²) in [5, 5.41) is 0. The molecule has 1 aromatic rings. The number of hydrogen-bond acceptors (Lipinski definition) is 0. The zero-order valence-electron chi connectivity index (χ0n) is 16.0.